The Morgan fingerprint density at radius 1 is 1.52 bits per heavy atom. The number of hydrogen-bond acceptors (Lipinski definition) is 5. The molecular weight excluding hydrogens is 310 g/mol. The summed E-state index contributed by atoms with van der Waals surface area (Å²) in [4.78, 5) is 16.0. The number of nitrogens with zero attached hydrogens (tertiary/aromatic N) is 2. The highest BCUT2D eigenvalue weighted by atomic mass is 32.2. The molecule has 8 heteroatoms. The highest BCUT2D eigenvalue weighted by molar-refractivity contribution is 7.88. The van der Waals surface area contributed by atoms with Crippen molar-refractivity contribution in [2.45, 2.75) is 38.6 Å². The predicted molar refractivity (Wildman–Crippen MR) is 83.0 cm³/mol. The summed E-state index contributed by atoms with van der Waals surface area (Å²) >= 11 is 1.44. The van der Waals surface area contributed by atoms with Crippen LogP contribution in [0.5, 0.6) is 0 Å². The summed E-state index contributed by atoms with van der Waals surface area (Å²) in [6.45, 7) is 2.91. The van der Waals surface area contributed by atoms with E-state index in [0.717, 1.165) is 24.3 Å². The van der Waals surface area contributed by atoms with E-state index in [2.05, 4.69) is 10.3 Å². The van der Waals surface area contributed by atoms with Gasteiger partial charge in [-0.25, -0.2) is 13.4 Å². The first-order chi connectivity index (χ1) is 9.88. The number of carbonyl (C=O) groups is 1. The van der Waals surface area contributed by atoms with E-state index >= 15 is 0 Å². The molecule has 6 nitrogen and oxygen atoms in total. The minimum atomic E-state index is -3.16. The quantitative estimate of drug-likeness (QED) is 0.884. The summed E-state index contributed by atoms with van der Waals surface area (Å²) in [6, 6.07) is -0.00813. The van der Waals surface area contributed by atoms with E-state index in [-0.39, 0.29) is 11.9 Å². The van der Waals surface area contributed by atoms with Gasteiger partial charge >= 0.3 is 0 Å². The normalized spacial score (nSPS) is 20.4. The summed E-state index contributed by atoms with van der Waals surface area (Å²) in [6.07, 6.45) is 4.70. The Kier molecular flexibility index (Phi) is 5.34. The topological polar surface area (TPSA) is 79.4 Å². The second kappa shape index (κ2) is 6.85. The van der Waals surface area contributed by atoms with Crippen LogP contribution in [0.1, 0.15) is 41.2 Å². The van der Waals surface area contributed by atoms with E-state index in [9.17, 15) is 13.2 Å². The SMILES string of the molecule is Cc1nc(C(=O)NCC[C@H]2CCCCN2S(C)(=O)=O)cs1. The number of sulfonamides is 1. The molecule has 1 saturated heterocycles. The fraction of sp³-hybridized carbons (Fsp3) is 0.692. The molecule has 0 radical (unpaired) electrons. The lowest BCUT2D eigenvalue weighted by atomic mass is 10.0. The highest BCUT2D eigenvalue weighted by Gasteiger charge is 2.28. The average Bonchev–Trinajstić information content (AvgIpc) is 2.85. The molecule has 1 aliphatic heterocycles. The molecule has 118 valence electrons. The average molecular weight is 331 g/mol. The molecule has 1 aromatic heterocycles. The third kappa shape index (κ3) is 4.49. The van der Waals surface area contributed by atoms with E-state index in [4.69, 9.17) is 0 Å². The molecule has 1 N–H and O–H groups in total. The van der Waals surface area contributed by atoms with Crippen molar-refractivity contribution in [2.75, 3.05) is 19.3 Å². The summed E-state index contributed by atoms with van der Waals surface area (Å²) in [5, 5.41) is 5.40. The second-order valence-corrected chi connectivity index (χ2v) is 8.32. The predicted octanol–water partition coefficient (Wildman–Crippen LogP) is 1.39. The largest absolute Gasteiger partial charge is 0.351 e. The number of aryl methyl sites for hydroxylation is 1. The molecule has 1 atom stereocenters. The van der Waals surface area contributed by atoms with E-state index in [1.807, 2.05) is 6.92 Å². The molecule has 1 fully saturated rings. The summed E-state index contributed by atoms with van der Waals surface area (Å²) < 4.78 is 25.1. The van der Waals surface area contributed by atoms with Gasteiger partial charge in [-0.15, -0.1) is 11.3 Å². The van der Waals surface area contributed by atoms with Crippen LogP contribution < -0.4 is 5.32 Å². The van der Waals surface area contributed by atoms with Crippen molar-refractivity contribution in [3.05, 3.63) is 16.1 Å². The monoisotopic (exact) mass is 331 g/mol. The number of aromatic nitrogens is 1. The number of thiazole rings is 1. The number of carbonyl (C=O) groups excluding carboxylic acids is 1. The van der Waals surface area contributed by atoms with Gasteiger partial charge in [0.25, 0.3) is 5.91 Å². The van der Waals surface area contributed by atoms with E-state index in [1.165, 1.54) is 17.6 Å². The molecular formula is C13H21N3O3S2. The van der Waals surface area contributed by atoms with Crippen molar-refractivity contribution in [2.24, 2.45) is 0 Å². The Balaban J connectivity index is 1.85. The van der Waals surface area contributed by atoms with E-state index in [1.54, 1.807) is 9.69 Å². The smallest absolute Gasteiger partial charge is 0.270 e. The molecule has 0 bridgehead atoms. The minimum Gasteiger partial charge on any atom is -0.351 e. The van der Waals surface area contributed by atoms with Gasteiger partial charge in [0.1, 0.15) is 5.69 Å². The van der Waals surface area contributed by atoms with Crippen molar-refractivity contribution >= 4 is 27.3 Å². The van der Waals surface area contributed by atoms with Crippen LogP contribution in [0.25, 0.3) is 0 Å². The Morgan fingerprint density at radius 3 is 2.90 bits per heavy atom. The zero-order valence-electron chi connectivity index (χ0n) is 12.3. The first-order valence-corrected chi connectivity index (χ1v) is 9.78. The van der Waals surface area contributed by atoms with Crippen LogP contribution in [0, 0.1) is 6.92 Å². The van der Waals surface area contributed by atoms with Crippen LogP contribution in [0.4, 0.5) is 0 Å². The maximum atomic E-state index is 11.9. The lowest BCUT2D eigenvalue weighted by Crippen LogP contribution is -2.44. The van der Waals surface area contributed by atoms with Gasteiger partial charge in [0.15, 0.2) is 0 Å². The van der Waals surface area contributed by atoms with Gasteiger partial charge in [-0.1, -0.05) is 6.42 Å². The fourth-order valence-corrected chi connectivity index (χ4v) is 4.42. The highest BCUT2D eigenvalue weighted by Crippen LogP contribution is 2.21. The van der Waals surface area contributed by atoms with Gasteiger partial charge in [-0.3, -0.25) is 4.79 Å². The Morgan fingerprint density at radius 2 is 2.29 bits per heavy atom. The lowest BCUT2D eigenvalue weighted by Gasteiger charge is -2.33. The van der Waals surface area contributed by atoms with Crippen LogP contribution in [0.15, 0.2) is 5.38 Å². The molecule has 0 aromatic carbocycles. The maximum absolute atomic E-state index is 11.9. The number of piperidine rings is 1. The van der Waals surface area contributed by atoms with E-state index in [0.29, 0.717) is 25.2 Å². The molecule has 2 rings (SSSR count). The number of amides is 1. The van der Waals surface area contributed by atoms with Gasteiger partial charge in [0.2, 0.25) is 10.0 Å². The molecule has 0 aliphatic carbocycles. The third-order valence-electron chi connectivity index (χ3n) is 3.61. The second-order valence-electron chi connectivity index (χ2n) is 5.32. The molecule has 1 aromatic rings. The Bertz CT molecular complexity index is 598. The standard InChI is InChI=1S/C13H21N3O3S2/c1-10-15-12(9-20-10)13(17)14-7-6-11-5-3-4-8-16(11)21(2,18)19/h9,11H,3-8H2,1-2H3,(H,14,17)/t11-/m1/s1. The van der Waals surface area contributed by atoms with Crippen molar-refractivity contribution in [3.8, 4) is 0 Å². The van der Waals surface area contributed by atoms with Crippen LogP contribution >= 0.6 is 11.3 Å². The molecule has 0 spiro atoms. The van der Waals surface area contributed by atoms with Crippen LogP contribution in [0.3, 0.4) is 0 Å². The Hall–Kier alpha value is -0.990. The Labute approximate surface area is 129 Å². The fourth-order valence-electron chi connectivity index (χ4n) is 2.61. The first-order valence-electron chi connectivity index (χ1n) is 7.05. The molecule has 2 heterocycles. The van der Waals surface area contributed by atoms with Gasteiger partial charge < -0.3 is 5.32 Å². The number of rotatable bonds is 5. The summed E-state index contributed by atoms with van der Waals surface area (Å²) in [5.41, 5.74) is 0.432. The van der Waals surface area contributed by atoms with Crippen LogP contribution in [-0.2, 0) is 10.0 Å². The molecule has 21 heavy (non-hydrogen) atoms. The van der Waals surface area contributed by atoms with Crippen molar-refractivity contribution in [3.63, 3.8) is 0 Å². The third-order valence-corrected chi connectivity index (χ3v) is 5.72. The van der Waals surface area contributed by atoms with Crippen molar-refractivity contribution < 1.29 is 13.2 Å². The lowest BCUT2D eigenvalue weighted by molar-refractivity contribution is 0.0945. The molecule has 0 saturated carbocycles. The van der Waals surface area contributed by atoms with Gasteiger partial charge in [-0.2, -0.15) is 4.31 Å². The van der Waals surface area contributed by atoms with Crippen molar-refractivity contribution in [1.82, 2.24) is 14.6 Å². The molecule has 1 aliphatic rings. The zero-order valence-corrected chi connectivity index (χ0v) is 14.0. The molecule has 1 amide bonds. The van der Waals surface area contributed by atoms with Crippen molar-refractivity contribution in [1.29, 1.82) is 0 Å². The minimum absolute atomic E-state index is 0.00813. The number of hydrogen-bond donors (Lipinski definition) is 1. The zero-order chi connectivity index (χ0) is 15.5. The van der Waals surface area contributed by atoms with Gasteiger partial charge in [0.05, 0.1) is 11.3 Å². The maximum Gasteiger partial charge on any atom is 0.270 e. The number of nitrogens with one attached hydrogen (secondary N) is 1. The van der Waals surface area contributed by atoms with E-state index < -0.39 is 10.0 Å². The van der Waals surface area contributed by atoms with Gasteiger partial charge in [-0.05, 0) is 26.2 Å². The van der Waals surface area contributed by atoms with Crippen LogP contribution in [0.2, 0.25) is 0 Å². The summed E-state index contributed by atoms with van der Waals surface area (Å²) in [7, 11) is -3.16. The van der Waals surface area contributed by atoms with Gasteiger partial charge in [0, 0.05) is 24.5 Å². The first kappa shape index (κ1) is 16.4. The van der Waals surface area contributed by atoms with Crippen LogP contribution in [-0.4, -0.2) is 49.0 Å². The summed E-state index contributed by atoms with van der Waals surface area (Å²) in [5.74, 6) is -0.193. The molecule has 0 unspecified atom stereocenters.